The Bertz CT molecular complexity index is 1470. The molecule has 2 saturated carbocycles. The Morgan fingerprint density at radius 3 is 2.71 bits per heavy atom. The van der Waals surface area contributed by atoms with E-state index in [2.05, 4.69) is 33.9 Å². The number of anilines is 1. The molecule has 2 unspecified atom stereocenters. The Kier molecular flexibility index (Phi) is 5.69. The van der Waals surface area contributed by atoms with Crippen molar-refractivity contribution in [1.29, 1.82) is 0 Å². The van der Waals surface area contributed by atoms with E-state index >= 15 is 0 Å². The van der Waals surface area contributed by atoms with Crippen molar-refractivity contribution in [3.8, 4) is 11.4 Å². The molecular weight excluding hydrogens is 477 g/mol. The van der Waals surface area contributed by atoms with Gasteiger partial charge in [0, 0.05) is 24.7 Å². The summed E-state index contributed by atoms with van der Waals surface area (Å²) in [5.74, 6) is 1.17. The second-order valence-corrected chi connectivity index (χ2v) is 11.7. The highest BCUT2D eigenvalue weighted by Crippen LogP contribution is 2.66. The average Bonchev–Trinajstić information content (AvgIpc) is 3.26. The van der Waals surface area contributed by atoms with E-state index in [1.807, 2.05) is 41.3 Å². The molecule has 3 fully saturated rings. The van der Waals surface area contributed by atoms with Crippen LogP contribution in [0.25, 0.3) is 17.0 Å². The maximum atomic E-state index is 14.0. The smallest absolute Gasteiger partial charge is 0.154 e. The van der Waals surface area contributed by atoms with Gasteiger partial charge in [-0.2, -0.15) is 0 Å². The van der Waals surface area contributed by atoms with Gasteiger partial charge < -0.3 is 9.80 Å². The average molecular weight is 512 g/mol. The first-order chi connectivity index (χ1) is 18.5. The molecule has 0 radical (unpaired) electrons. The summed E-state index contributed by atoms with van der Waals surface area (Å²) < 4.78 is 15.8. The van der Waals surface area contributed by atoms with Crippen LogP contribution < -0.4 is 4.90 Å². The van der Waals surface area contributed by atoms with Crippen LogP contribution in [-0.4, -0.2) is 56.1 Å². The second kappa shape index (κ2) is 9.12. The van der Waals surface area contributed by atoms with Crippen LogP contribution in [-0.2, 0) is 0 Å². The van der Waals surface area contributed by atoms with Crippen molar-refractivity contribution in [2.24, 2.45) is 5.41 Å². The Hall–Kier alpha value is -3.39. The third-order valence-electron chi connectivity index (χ3n) is 9.27. The summed E-state index contributed by atoms with van der Waals surface area (Å²) >= 11 is 0. The molecule has 1 saturated heterocycles. The third-order valence-corrected chi connectivity index (χ3v) is 9.27. The molecule has 8 heteroatoms. The number of hydrogen-bond donors (Lipinski definition) is 0. The van der Waals surface area contributed by atoms with E-state index in [0.717, 1.165) is 53.5 Å². The largest absolute Gasteiger partial charge is 0.348 e. The molecule has 3 aromatic heterocycles. The van der Waals surface area contributed by atoms with Gasteiger partial charge in [0.25, 0.3) is 0 Å². The lowest BCUT2D eigenvalue weighted by molar-refractivity contribution is 0.180. The Labute approximate surface area is 222 Å². The maximum absolute atomic E-state index is 14.0. The molecule has 2 atom stereocenters. The van der Waals surface area contributed by atoms with Crippen LogP contribution in [0.1, 0.15) is 68.2 Å². The lowest BCUT2D eigenvalue weighted by Crippen LogP contribution is -2.33. The molecule has 7 rings (SSSR count). The molecule has 0 bridgehead atoms. The molecule has 3 aliphatic rings. The van der Waals surface area contributed by atoms with E-state index in [0.29, 0.717) is 17.4 Å². The highest BCUT2D eigenvalue weighted by atomic mass is 19.1. The van der Waals surface area contributed by atoms with Crippen LogP contribution in [0.15, 0.2) is 55.0 Å². The molecule has 1 aliphatic heterocycles. The van der Waals surface area contributed by atoms with Crippen LogP contribution in [0.2, 0.25) is 0 Å². The molecule has 7 nitrogen and oxygen atoms in total. The van der Waals surface area contributed by atoms with Gasteiger partial charge >= 0.3 is 0 Å². The molecule has 196 valence electrons. The van der Waals surface area contributed by atoms with Gasteiger partial charge in [-0.25, -0.2) is 18.9 Å². The predicted octanol–water partition coefficient (Wildman–Crippen LogP) is 5.64. The summed E-state index contributed by atoms with van der Waals surface area (Å²) in [5, 5.41) is 5.00. The van der Waals surface area contributed by atoms with Gasteiger partial charge in [-0.3, -0.25) is 4.98 Å². The summed E-state index contributed by atoms with van der Waals surface area (Å²) in [6.07, 6.45) is 13.9. The number of hydrogen-bond acceptors (Lipinski definition) is 6. The second-order valence-electron chi connectivity index (χ2n) is 11.7. The van der Waals surface area contributed by atoms with E-state index in [4.69, 9.17) is 10.1 Å². The lowest BCUT2D eigenvalue weighted by Gasteiger charge is -2.33. The molecule has 0 N–H and O–H groups in total. The minimum Gasteiger partial charge on any atom is -0.348 e. The summed E-state index contributed by atoms with van der Waals surface area (Å²) in [4.78, 5) is 19.0. The highest BCUT2D eigenvalue weighted by molar-refractivity contribution is 5.60. The van der Waals surface area contributed by atoms with E-state index in [9.17, 15) is 4.39 Å². The summed E-state index contributed by atoms with van der Waals surface area (Å²) in [6, 6.07) is 11.8. The number of nitrogens with zero attached hydrogens (tertiary/aromatic N) is 7. The molecule has 2 aliphatic carbocycles. The molecule has 1 aromatic carbocycles. The van der Waals surface area contributed by atoms with Crippen molar-refractivity contribution in [3.63, 3.8) is 0 Å². The van der Waals surface area contributed by atoms with Crippen LogP contribution in [0.3, 0.4) is 0 Å². The van der Waals surface area contributed by atoms with Gasteiger partial charge in [0.2, 0.25) is 0 Å². The molecule has 38 heavy (non-hydrogen) atoms. The number of aromatic nitrogens is 5. The van der Waals surface area contributed by atoms with Gasteiger partial charge in [-0.15, -0.1) is 5.10 Å². The zero-order valence-electron chi connectivity index (χ0n) is 22.1. The van der Waals surface area contributed by atoms with Crippen molar-refractivity contribution in [1.82, 2.24) is 29.5 Å². The molecule has 0 amide bonds. The number of benzene rings is 1. The minimum absolute atomic E-state index is 0.111. The predicted molar refractivity (Wildman–Crippen MR) is 145 cm³/mol. The zero-order chi connectivity index (χ0) is 25.9. The van der Waals surface area contributed by atoms with Crippen LogP contribution in [0, 0.1) is 11.2 Å². The first-order valence-electron chi connectivity index (χ1n) is 13.9. The standard InChI is InChI=1S/C30H34FN7/c1-36(2)22-10-12-30(13-11-22)16-23(30)24-17-32-18-25(34-24)27-19-33-28-8-9-29(35-38(27)28)37-14-4-7-26(37)20-5-3-6-21(31)15-20/h3,5-6,8-9,15,17-19,22-23,26H,4,7,10-14,16H2,1-2H3. The third kappa shape index (κ3) is 4.06. The summed E-state index contributed by atoms with van der Waals surface area (Å²) in [7, 11) is 4.39. The lowest BCUT2D eigenvalue weighted by atomic mass is 9.81. The SMILES string of the molecule is CN(C)C1CCC2(CC1)CC2c1cncc(-c2cnc3ccc(N4CCCC4c4cccc(F)c4)nn23)n1. The first-order valence-corrected chi connectivity index (χ1v) is 13.9. The van der Waals surface area contributed by atoms with Crippen LogP contribution in [0.5, 0.6) is 0 Å². The van der Waals surface area contributed by atoms with Crippen LogP contribution >= 0.6 is 0 Å². The van der Waals surface area contributed by atoms with Crippen molar-refractivity contribution >= 4 is 11.5 Å². The topological polar surface area (TPSA) is 62.5 Å². The van der Waals surface area contributed by atoms with Crippen molar-refractivity contribution in [2.45, 2.75) is 62.9 Å². The monoisotopic (exact) mass is 511 g/mol. The molecule has 4 heterocycles. The number of rotatable bonds is 5. The quantitative estimate of drug-likeness (QED) is 0.345. The Morgan fingerprint density at radius 2 is 1.89 bits per heavy atom. The van der Waals surface area contributed by atoms with Gasteiger partial charge in [0.1, 0.15) is 23.0 Å². The molecular formula is C30H34FN7. The van der Waals surface area contributed by atoms with Crippen LogP contribution in [0.4, 0.5) is 10.2 Å². The molecule has 4 aromatic rings. The maximum Gasteiger partial charge on any atom is 0.154 e. The van der Waals surface area contributed by atoms with Gasteiger partial charge in [-0.05, 0) is 94.3 Å². The number of fused-ring (bicyclic) bond motifs is 1. The zero-order valence-corrected chi connectivity index (χ0v) is 22.1. The van der Waals surface area contributed by atoms with E-state index in [-0.39, 0.29) is 11.9 Å². The summed E-state index contributed by atoms with van der Waals surface area (Å²) in [5.41, 5.74) is 4.94. The van der Waals surface area contributed by atoms with E-state index in [1.165, 1.54) is 38.2 Å². The fraction of sp³-hybridized carbons (Fsp3) is 0.467. The van der Waals surface area contributed by atoms with Crippen molar-refractivity contribution < 1.29 is 4.39 Å². The van der Waals surface area contributed by atoms with Crippen molar-refractivity contribution in [2.75, 3.05) is 25.5 Å². The fourth-order valence-electron chi connectivity index (χ4n) is 6.98. The summed E-state index contributed by atoms with van der Waals surface area (Å²) in [6.45, 7) is 0.886. The normalized spacial score (nSPS) is 27.1. The Balaban J connectivity index is 1.17. The molecule has 1 spiro atoms. The highest BCUT2D eigenvalue weighted by Gasteiger charge is 2.56. The number of imidazole rings is 1. The fourth-order valence-corrected chi connectivity index (χ4v) is 6.98. The van der Waals surface area contributed by atoms with Crippen molar-refractivity contribution in [3.05, 3.63) is 72.1 Å². The first kappa shape index (κ1) is 23.7. The van der Waals surface area contributed by atoms with Gasteiger partial charge in [-0.1, -0.05) is 12.1 Å². The van der Waals surface area contributed by atoms with E-state index < -0.39 is 0 Å². The number of halogens is 1. The van der Waals surface area contributed by atoms with Gasteiger partial charge in [0.15, 0.2) is 5.65 Å². The van der Waals surface area contributed by atoms with E-state index in [1.54, 1.807) is 12.1 Å². The Morgan fingerprint density at radius 1 is 1.03 bits per heavy atom. The van der Waals surface area contributed by atoms with Gasteiger partial charge in [0.05, 0.1) is 24.1 Å². The minimum atomic E-state index is -0.198.